The molecule has 5 rings (SSSR count). The SMILES string of the molecule is CC(C(=O)N[C@@H]1COC[C@H]1O)n1cnc2c(-c3cccnc3)nc(-c3ccc(C(F)(F)F)nc3)cc2c1=O. The van der Waals surface area contributed by atoms with Crippen LogP contribution in [0.2, 0.25) is 0 Å². The van der Waals surface area contributed by atoms with Crippen LogP contribution < -0.4 is 10.9 Å². The Morgan fingerprint density at radius 2 is 2.00 bits per heavy atom. The van der Waals surface area contributed by atoms with Gasteiger partial charge in [-0.2, -0.15) is 13.2 Å². The summed E-state index contributed by atoms with van der Waals surface area (Å²) in [6, 6.07) is 5.25. The molecule has 10 nitrogen and oxygen atoms in total. The maximum atomic E-state index is 13.6. The number of nitrogens with one attached hydrogen (secondary N) is 1. The minimum Gasteiger partial charge on any atom is -0.388 e. The normalized spacial score (nSPS) is 18.4. The molecule has 5 heterocycles. The number of hydrogen-bond donors (Lipinski definition) is 2. The lowest BCUT2D eigenvalue weighted by molar-refractivity contribution is -0.141. The molecular formula is C25H21F3N6O4. The summed E-state index contributed by atoms with van der Waals surface area (Å²) in [5, 5.41) is 12.7. The van der Waals surface area contributed by atoms with E-state index in [1.807, 2.05) is 0 Å². The minimum atomic E-state index is -4.61. The zero-order chi connectivity index (χ0) is 27.0. The number of aliphatic hydroxyl groups is 1. The van der Waals surface area contributed by atoms with E-state index in [-0.39, 0.29) is 41.1 Å². The van der Waals surface area contributed by atoms with Crippen molar-refractivity contribution in [3.8, 4) is 22.5 Å². The third-order valence-electron chi connectivity index (χ3n) is 6.23. The third kappa shape index (κ3) is 4.85. The molecule has 0 saturated carbocycles. The van der Waals surface area contributed by atoms with Crippen LogP contribution in [0.25, 0.3) is 33.4 Å². The van der Waals surface area contributed by atoms with Gasteiger partial charge in [0.15, 0.2) is 0 Å². The highest BCUT2D eigenvalue weighted by molar-refractivity contribution is 5.93. The van der Waals surface area contributed by atoms with E-state index >= 15 is 0 Å². The average Bonchev–Trinajstić information content (AvgIpc) is 3.32. The Bertz CT molecular complexity index is 1540. The number of hydrogen-bond acceptors (Lipinski definition) is 8. The summed E-state index contributed by atoms with van der Waals surface area (Å²) in [6.07, 6.45) is -0.116. The number of amides is 1. The third-order valence-corrected chi connectivity index (χ3v) is 6.23. The van der Waals surface area contributed by atoms with Crippen molar-refractivity contribution < 1.29 is 27.8 Å². The van der Waals surface area contributed by atoms with Crippen molar-refractivity contribution in [2.24, 2.45) is 0 Å². The summed E-state index contributed by atoms with van der Waals surface area (Å²) in [6.45, 7) is 1.76. The number of alkyl halides is 3. The lowest BCUT2D eigenvalue weighted by atomic mass is 10.1. The molecular weight excluding hydrogens is 505 g/mol. The van der Waals surface area contributed by atoms with Crippen molar-refractivity contribution in [1.82, 2.24) is 29.8 Å². The fraction of sp³-hybridized carbons (Fsp3) is 0.280. The molecule has 1 aliphatic rings. The second kappa shape index (κ2) is 9.91. The molecule has 1 amide bonds. The molecule has 196 valence electrons. The summed E-state index contributed by atoms with van der Waals surface area (Å²) in [4.78, 5) is 43.0. The highest BCUT2D eigenvalue weighted by Crippen LogP contribution is 2.31. The van der Waals surface area contributed by atoms with Gasteiger partial charge in [-0.15, -0.1) is 0 Å². The number of ether oxygens (including phenoxy) is 1. The van der Waals surface area contributed by atoms with E-state index in [4.69, 9.17) is 4.74 Å². The molecule has 1 unspecified atom stereocenters. The summed E-state index contributed by atoms with van der Waals surface area (Å²) >= 11 is 0. The first kappa shape index (κ1) is 25.4. The standard InChI is InChI=1S/C25H21F3N6O4/c1-13(23(36)33-18-10-38-11-19(18)35)34-12-31-22-16(24(34)37)7-17(32-21(22)15-3-2-6-29-8-15)14-4-5-20(30-9-14)25(26,27)28/h2-9,12-13,18-19,35H,10-11H2,1H3,(H,33,36)/t13?,18-,19-/m1/s1. The second-order valence-corrected chi connectivity index (χ2v) is 8.78. The Morgan fingerprint density at radius 1 is 1.18 bits per heavy atom. The molecule has 1 saturated heterocycles. The van der Waals surface area contributed by atoms with Gasteiger partial charge in [-0.1, -0.05) is 0 Å². The Labute approximate surface area is 213 Å². The Hall–Kier alpha value is -4.23. The van der Waals surface area contributed by atoms with Crippen LogP contribution in [0.3, 0.4) is 0 Å². The van der Waals surface area contributed by atoms with Crippen molar-refractivity contribution in [2.45, 2.75) is 31.3 Å². The summed E-state index contributed by atoms with van der Waals surface area (Å²) in [5.41, 5.74) is -0.123. The van der Waals surface area contributed by atoms with E-state index in [9.17, 15) is 27.9 Å². The number of fused-ring (bicyclic) bond motifs is 1. The van der Waals surface area contributed by atoms with E-state index in [1.165, 1.54) is 31.6 Å². The summed E-state index contributed by atoms with van der Waals surface area (Å²) in [5.74, 6) is -0.517. The van der Waals surface area contributed by atoms with Crippen LogP contribution in [0.15, 0.2) is 60.0 Å². The lowest BCUT2D eigenvalue weighted by Gasteiger charge is -2.20. The number of rotatable bonds is 5. The summed E-state index contributed by atoms with van der Waals surface area (Å²) in [7, 11) is 0. The van der Waals surface area contributed by atoms with Gasteiger partial charge in [-0.05, 0) is 37.3 Å². The van der Waals surface area contributed by atoms with Crippen LogP contribution in [0.1, 0.15) is 18.7 Å². The number of aromatic nitrogens is 5. The number of halogens is 3. The van der Waals surface area contributed by atoms with E-state index in [0.29, 0.717) is 5.56 Å². The molecule has 1 aliphatic heterocycles. The number of nitrogens with zero attached hydrogens (tertiary/aromatic N) is 5. The Kier molecular flexibility index (Phi) is 6.63. The second-order valence-electron chi connectivity index (χ2n) is 8.78. The van der Waals surface area contributed by atoms with Crippen LogP contribution in [0, 0.1) is 0 Å². The molecule has 0 spiro atoms. The molecule has 1 fully saturated rings. The molecule has 4 aromatic heterocycles. The lowest BCUT2D eigenvalue weighted by Crippen LogP contribution is -2.46. The van der Waals surface area contributed by atoms with Gasteiger partial charge in [-0.3, -0.25) is 24.1 Å². The van der Waals surface area contributed by atoms with Crippen molar-refractivity contribution >= 4 is 16.8 Å². The predicted octanol–water partition coefficient (Wildman–Crippen LogP) is 2.37. The zero-order valence-corrected chi connectivity index (χ0v) is 19.9. The van der Waals surface area contributed by atoms with Crippen LogP contribution in [0.5, 0.6) is 0 Å². The van der Waals surface area contributed by atoms with E-state index < -0.39 is 41.5 Å². The van der Waals surface area contributed by atoms with Gasteiger partial charge in [0, 0.05) is 29.7 Å². The van der Waals surface area contributed by atoms with Crippen LogP contribution in [0.4, 0.5) is 13.2 Å². The maximum Gasteiger partial charge on any atom is 0.433 e. The first-order valence-electron chi connectivity index (χ1n) is 11.6. The van der Waals surface area contributed by atoms with Gasteiger partial charge in [0.05, 0.1) is 48.5 Å². The van der Waals surface area contributed by atoms with Crippen LogP contribution in [-0.2, 0) is 15.7 Å². The number of pyridine rings is 3. The van der Waals surface area contributed by atoms with Gasteiger partial charge >= 0.3 is 6.18 Å². The number of aliphatic hydroxyl groups excluding tert-OH is 1. The highest BCUT2D eigenvalue weighted by Gasteiger charge is 2.32. The zero-order valence-electron chi connectivity index (χ0n) is 19.9. The van der Waals surface area contributed by atoms with Crippen molar-refractivity contribution in [1.29, 1.82) is 0 Å². The first-order chi connectivity index (χ1) is 18.1. The summed E-state index contributed by atoms with van der Waals surface area (Å²) < 4.78 is 45.3. The van der Waals surface area contributed by atoms with Crippen molar-refractivity contribution in [2.75, 3.05) is 13.2 Å². The average molecular weight is 526 g/mol. The molecule has 38 heavy (non-hydrogen) atoms. The van der Waals surface area contributed by atoms with E-state index in [2.05, 4.69) is 25.3 Å². The molecule has 4 aromatic rings. The predicted molar refractivity (Wildman–Crippen MR) is 129 cm³/mol. The van der Waals surface area contributed by atoms with E-state index in [0.717, 1.165) is 16.8 Å². The maximum absolute atomic E-state index is 13.6. The van der Waals surface area contributed by atoms with Crippen LogP contribution >= 0.6 is 0 Å². The monoisotopic (exact) mass is 526 g/mol. The largest absolute Gasteiger partial charge is 0.433 e. The van der Waals surface area contributed by atoms with Gasteiger partial charge < -0.3 is 15.2 Å². The number of carbonyl (C=O) groups excluding carboxylic acids is 1. The van der Waals surface area contributed by atoms with Gasteiger partial charge in [0.25, 0.3) is 5.56 Å². The molecule has 0 aliphatic carbocycles. The highest BCUT2D eigenvalue weighted by atomic mass is 19.4. The molecule has 3 atom stereocenters. The number of carbonyl (C=O) groups is 1. The van der Waals surface area contributed by atoms with Gasteiger partial charge in [0.2, 0.25) is 5.91 Å². The first-order valence-corrected chi connectivity index (χ1v) is 11.6. The smallest absolute Gasteiger partial charge is 0.388 e. The quantitative estimate of drug-likeness (QED) is 0.405. The Balaban J connectivity index is 1.61. The van der Waals surface area contributed by atoms with Gasteiger partial charge in [-0.25, -0.2) is 9.97 Å². The molecule has 13 heteroatoms. The molecule has 0 radical (unpaired) electrons. The fourth-order valence-corrected chi connectivity index (χ4v) is 4.09. The minimum absolute atomic E-state index is 0.0973. The molecule has 0 aromatic carbocycles. The molecule has 2 N–H and O–H groups in total. The fourth-order valence-electron chi connectivity index (χ4n) is 4.09. The van der Waals surface area contributed by atoms with Crippen molar-refractivity contribution in [3.05, 3.63) is 71.3 Å². The van der Waals surface area contributed by atoms with Gasteiger partial charge in [0.1, 0.15) is 17.3 Å². The topological polar surface area (TPSA) is 132 Å². The molecule has 0 bridgehead atoms. The Morgan fingerprint density at radius 3 is 2.63 bits per heavy atom. The van der Waals surface area contributed by atoms with E-state index in [1.54, 1.807) is 18.3 Å². The van der Waals surface area contributed by atoms with Crippen molar-refractivity contribution in [3.63, 3.8) is 0 Å². The van der Waals surface area contributed by atoms with Crippen LogP contribution in [-0.4, -0.2) is 60.9 Å².